The predicted molar refractivity (Wildman–Crippen MR) is 95.0 cm³/mol. The average Bonchev–Trinajstić information content (AvgIpc) is 3.20. The van der Waals surface area contributed by atoms with E-state index in [1.165, 1.54) is 0 Å². The van der Waals surface area contributed by atoms with Crippen molar-refractivity contribution in [2.24, 2.45) is 0 Å². The first-order chi connectivity index (χ1) is 11.7. The Kier molecular flexibility index (Phi) is 3.82. The number of hydrogen-bond donors (Lipinski definition) is 1. The molecular weight excluding hydrogens is 322 g/mol. The second kappa shape index (κ2) is 6.13. The Labute approximate surface area is 145 Å². The van der Waals surface area contributed by atoms with E-state index in [-0.39, 0.29) is 5.91 Å². The molecule has 0 bridgehead atoms. The zero-order valence-electron chi connectivity index (χ0n) is 13.0. The molecule has 2 aromatic carbocycles. The maximum atomic E-state index is 12.7. The second-order valence-corrected chi connectivity index (χ2v) is 6.27. The molecular formula is C19H16ClN3O. The number of halogens is 1. The Morgan fingerprint density at radius 2 is 1.79 bits per heavy atom. The molecule has 1 N–H and O–H groups in total. The van der Waals surface area contributed by atoms with Crippen LogP contribution in [-0.2, 0) is 12.8 Å². The van der Waals surface area contributed by atoms with Gasteiger partial charge >= 0.3 is 0 Å². The van der Waals surface area contributed by atoms with Crippen LogP contribution in [0.25, 0.3) is 5.69 Å². The number of amides is 1. The summed E-state index contributed by atoms with van der Waals surface area (Å²) in [5, 5.41) is 8.14. The number of para-hydroxylation sites is 1. The van der Waals surface area contributed by atoms with Gasteiger partial charge < -0.3 is 5.32 Å². The first-order valence-corrected chi connectivity index (χ1v) is 8.33. The summed E-state index contributed by atoms with van der Waals surface area (Å²) in [6.45, 7) is 0. The van der Waals surface area contributed by atoms with Gasteiger partial charge in [0.05, 0.1) is 5.69 Å². The van der Waals surface area contributed by atoms with Gasteiger partial charge in [0.1, 0.15) is 0 Å². The number of carbonyl (C=O) groups excluding carboxylic acids is 1. The van der Waals surface area contributed by atoms with Crippen LogP contribution in [0.2, 0.25) is 5.02 Å². The third-order valence-corrected chi connectivity index (χ3v) is 4.50. The van der Waals surface area contributed by atoms with Crippen molar-refractivity contribution in [1.29, 1.82) is 0 Å². The summed E-state index contributed by atoms with van der Waals surface area (Å²) in [4.78, 5) is 12.7. The monoisotopic (exact) mass is 337 g/mol. The standard InChI is InChI=1S/C19H16ClN3O/c20-13-9-11-14(12-10-13)21-19(24)18-16-7-4-8-17(16)23(22-18)15-5-2-1-3-6-15/h1-3,5-6,9-12H,4,7-8H2,(H,21,24). The molecule has 24 heavy (non-hydrogen) atoms. The van der Waals surface area contributed by atoms with Crippen LogP contribution >= 0.6 is 11.6 Å². The molecule has 1 aliphatic rings. The molecule has 1 aliphatic carbocycles. The van der Waals surface area contributed by atoms with E-state index in [4.69, 9.17) is 11.6 Å². The molecule has 0 spiro atoms. The van der Waals surface area contributed by atoms with Gasteiger partial charge in [-0.05, 0) is 55.7 Å². The van der Waals surface area contributed by atoms with Gasteiger partial charge in [0.25, 0.3) is 5.91 Å². The van der Waals surface area contributed by atoms with Crippen LogP contribution in [0.1, 0.15) is 28.2 Å². The number of aromatic nitrogens is 2. The minimum absolute atomic E-state index is 0.176. The summed E-state index contributed by atoms with van der Waals surface area (Å²) in [6, 6.07) is 17.0. The third-order valence-electron chi connectivity index (χ3n) is 4.25. The molecule has 1 heterocycles. The second-order valence-electron chi connectivity index (χ2n) is 5.84. The molecule has 0 saturated carbocycles. The molecule has 1 aromatic heterocycles. The van der Waals surface area contributed by atoms with Crippen molar-refractivity contribution < 1.29 is 4.79 Å². The highest BCUT2D eigenvalue weighted by Gasteiger charge is 2.26. The van der Waals surface area contributed by atoms with Gasteiger partial charge in [0.15, 0.2) is 5.69 Å². The Bertz CT molecular complexity index is 885. The maximum Gasteiger partial charge on any atom is 0.276 e. The van der Waals surface area contributed by atoms with E-state index in [1.54, 1.807) is 24.3 Å². The van der Waals surface area contributed by atoms with E-state index in [2.05, 4.69) is 10.4 Å². The highest BCUT2D eigenvalue weighted by atomic mass is 35.5. The van der Waals surface area contributed by atoms with E-state index >= 15 is 0 Å². The van der Waals surface area contributed by atoms with Crippen LogP contribution in [0, 0.1) is 0 Å². The van der Waals surface area contributed by atoms with E-state index in [1.807, 2.05) is 35.0 Å². The molecule has 120 valence electrons. The summed E-state index contributed by atoms with van der Waals surface area (Å²) in [7, 11) is 0. The van der Waals surface area contributed by atoms with Crippen molar-refractivity contribution in [3.63, 3.8) is 0 Å². The van der Waals surface area contributed by atoms with Crippen LogP contribution < -0.4 is 5.32 Å². The van der Waals surface area contributed by atoms with Gasteiger partial charge in [0, 0.05) is 22.0 Å². The molecule has 4 rings (SSSR count). The van der Waals surface area contributed by atoms with Crippen molar-refractivity contribution >= 4 is 23.2 Å². The molecule has 0 aliphatic heterocycles. The molecule has 4 nitrogen and oxygen atoms in total. The van der Waals surface area contributed by atoms with Crippen LogP contribution in [0.15, 0.2) is 54.6 Å². The lowest BCUT2D eigenvalue weighted by Crippen LogP contribution is -2.14. The summed E-state index contributed by atoms with van der Waals surface area (Å²) in [6.07, 6.45) is 2.90. The number of hydrogen-bond acceptors (Lipinski definition) is 2. The zero-order valence-corrected chi connectivity index (χ0v) is 13.8. The number of anilines is 1. The van der Waals surface area contributed by atoms with Crippen molar-refractivity contribution in [2.45, 2.75) is 19.3 Å². The van der Waals surface area contributed by atoms with Crippen molar-refractivity contribution in [3.8, 4) is 5.69 Å². The molecule has 0 fully saturated rings. The lowest BCUT2D eigenvalue weighted by molar-refractivity contribution is 0.102. The molecule has 0 saturated heterocycles. The van der Waals surface area contributed by atoms with E-state index < -0.39 is 0 Å². The van der Waals surface area contributed by atoms with Gasteiger partial charge in [-0.15, -0.1) is 0 Å². The van der Waals surface area contributed by atoms with Crippen molar-refractivity contribution in [2.75, 3.05) is 5.32 Å². The van der Waals surface area contributed by atoms with Crippen LogP contribution in [0.3, 0.4) is 0 Å². The smallest absolute Gasteiger partial charge is 0.276 e. The van der Waals surface area contributed by atoms with Crippen molar-refractivity contribution in [1.82, 2.24) is 9.78 Å². The van der Waals surface area contributed by atoms with Gasteiger partial charge in [-0.1, -0.05) is 29.8 Å². The summed E-state index contributed by atoms with van der Waals surface area (Å²) >= 11 is 5.88. The Morgan fingerprint density at radius 3 is 2.54 bits per heavy atom. The number of fused-ring (bicyclic) bond motifs is 1. The molecule has 5 heteroatoms. The van der Waals surface area contributed by atoms with E-state index in [9.17, 15) is 4.79 Å². The predicted octanol–water partition coefficient (Wildman–Crippen LogP) is 4.27. The quantitative estimate of drug-likeness (QED) is 0.776. The normalized spacial score (nSPS) is 12.9. The molecule has 0 atom stereocenters. The summed E-state index contributed by atoms with van der Waals surface area (Å²) in [5.41, 5.74) is 4.42. The van der Waals surface area contributed by atoms with Gasteiger partial charge in [-0.25, -0.2) is 4.68 Å². The minimum atomic E-state index is -0.176. The fraction of sp³-hybridized carbons (Fsp3) is 0.158. The van der Waals surface area contributed by atoms with Gasteiger partial charge in [-0.2, -0.15) is 5.10 Å². The largest absolute Gasteiger partial charge is 0.321 e. The molecule has 1 amide bonds. The van der Waals surface area contributed by atoms with Crippen LogP contribution in [0.5, 0.6) is 0 Å². The van der Waals surface area contributed by atoms with Crippen molar-refractivity contribution in [3.05, 3.63) is 76.6 Å². The first-order valence-electron chi connectivity index (χ1n) is 7.95. The third kappa shape index (κ3) is 2.69. The minimum Gasteiger partial charge on any atom is -0.321 e. The maximum absolute atomic E-state index is 12.7. The SMILES string of the molecule is O=C(Nc1ccc(Cl)cc1)c1nn(-c2ccccc2)c2c1CCC2. The zero-order chi connectivity index (χ0) is 16.5. The Morgan fingerprint density at radius 1 is 1.04 bits per heavy atom. The Balaban J connectivity index is 1.68. The lowest BCUT2D eigenvalue weighted by Gasteiger charge is -2.05. The van der Waals surface area contributed by atoms with Gasteiger partial charge in [0.2, 0.25) is 0 Å². The topological polar surface area (TPSA) is 46.9 Å². The molecule has 0 unspecified atom stereocenters. The van der Waals surface area contributed by atoms with Gasteiger partial charge in [-0.3, -0.25) is 4.79 Å². The lowest BCUT2D eigenvalue weighted by atomic mass is 10.2. The summed E-state index contributed by atoms with van der Waals surface area (Å²) in [5.74, 6) is -0.176. The Hall–Kier alpha value is -2.59. The average molecular weight is 338 g/mol. The summed E-state index contributed by atoms with van der Waals surface area (Å²) < 4.78 is 1.90. The van der Waals surface area contributed by atoms with E-state index in [0.717, 1.165) is 36.2 Å². The first kappa shape index (κ1) is 15.0. The number of carbonyl (C=O) groups is 1. The number of rotatable bonds is 3. The number of benzene rings is 2. The van der Waals surface area contributed by atoms with Crippen LogP contribution in [-0.4, -0.2) is 15.7 Å². The molecule has 3 aromatic rings. The fourth-order valence-corrected chi connectivity index (χ4v) is 3.25. The fourth-order valence-electron chi connectivity index (χ4n) is 3.13. The van der Waals surface area contributed by atoms with E-state index in [0.29, 0.717) is 16.4 Å². The highest BCUT2D eigenvalue weighted by molar-refractivity contribution is 6.30. The highest BCUT2D eigenvalue weighted by Crippen LogP contribution is 2.28. The molecule has 0 radical (unpaired) electrons. The number of nitrogens with zero attached hydrogens (tertiary/aromatic N) is 2. The number of nitrogens with one attached hydrogen (secondary N) is 1. The van der Waals surface area contributed by atoms with Crippen LogP contribution in [0.4, 0.5) is 5.69 Å².